The molecule has 1 heteroatoms. The van der Waals surface area contributed by atoms with Crippen LogP contribution in [0.5, 0.6) is 0 Å². The first-order chi connectivity index (χ1) is 6.31. The van der Waals surface area contributed by atoms with Gasteiger partial charge in [0.25, 0.3) is 0 Å². The molecule has 0 unspecified atom stereocenters. The molecule has 0 bridgehead atoms. The summed E-state index contributed by atoms with van der Waals surface area (Å²) in [4.78, 5) is 0. The second-order valence-electron chi connectivity index (χ2n) is 4.11. The third-order valence-corrected chi connectivity index (χ3v) is 2.61. The van der Waals surface area contributed by atoms with E-state index in [1.807, 2.05) is 0 Å². The van der Waals surface area contributed by atoms with Crippen LogP contribution in [0.4, 0.5) is 0 Å². The van der Waals surface area contributed by atoms with Gasteiger partial charge in [0.05, 0.1) is 7.85 Å². The fraction of sp³-hybridized carbons (Fsp3) is 1.00. The second-order valence-corrected chi connectivity index (χ2v) is 4.11. The molecule has 0 aliphatic carbocycles. The molecular weight excluding hydrogens is 155 g/mol. The topological polar surface area (TPSA) is 0 Å². The van der Waals surface area contributed by atoms with E-state index in [0.717, 1.165) is 0 Å². The average Bonchev–Trinajstić information content (AvgIpc) is 2.13. The van der Waals surface area contributed by atoms with Gasteiger partial charge in [0.2, 0.25) is 0 Å². The molecule has 0 aromatic rings. The Labute approximate surface area is 85.9 Å². The Morgan fingerprint density at radius 3 is 1.77 bits per heavy atom. The SMILES string of the molecule is [B][C@H](CCCCC)CCCCCC. The molecule has 1 atom stereocenters. The lowest BCUT2D eigenvalue weighted by molar-refractivity contribution is 0.562. The zero-order chi connectivity index (χ0) is 9.94. The molecule has 2 radical (unpaired) electrons. The lowest BCUT2D eigenvalue weighted by Gasteiger charge is -2.10. The summed E-state index contributed by atoms with van der Waals surface area (Å²) in [6, 6.07) is 0. The van der Waals surface area contributed by atoms with Crippen molar-refractivity contribution in [1.29, 1.82) is 0 Å². The minimum absolute atomic E-state index is 0.475. The van der Waals surface area contributed by atoms with Gasteiger partial charge in [0, 0.05) is 0 Å². The van der Waals surface area contributed by atoms with Gasteiger partial charge in [-0.2, -0.15) is 0 Å². The Hall–Kier alpha value is 0.0649. The summed E-state index contributed by atoms with van der Waals surface area (Å²) in [5.74, 6) is 0.475. The summed E-state index contributed by atoms with van der Waals surface area (Å²) in [7, 11) is 6.00. The number of rotatable bonds is 9. The minimum atomic E-state index is 0.475. The maximum Gasteiger partial charge on any atom is 0.0699 e. The molecule has 0 saturated carbocycles. The van der Waals surface area contributed by atoms with Crippen molar-refractivity contribution in [2.45, 2.75) is 77.5 Å². The normalized spacial score (nSPS) is 13.1. The van der Waals surface area contributed by atoms with Crippen LogP contribution in [0.1, 0.15) is 71.6 Å². The highest BCUT2D eigenvalue weighted by molar-refractivity contribution is 6.11. The maximum absolute atomic E-state index is 6.00. The smallest absolute Gasteiger partial charge is 0.0699 e. The van der Waals surface area contributed by atoms with Crippen LogP contribution < -0.4 is 0 Å². The predicted octanol–water partition coefficient (Wildman–Crippen LogP) is 4.49. The molecule has 76 valence electrons. The predicted molar refractivity (Wildman–Crippen MR) is 62.4 cm³/mol. The Kier molecular flexibility index (Phi) is 10.2. The average molecular weight is 180 g/mol. The first-order valence-electron chi connectivity index (χ1n) is 6.06. The summed E-state index contributed by atoms with van der Waals surface area (Å²) < 4.78 is 0. The van der Waals surface area contributed by atoms with Crippen LogP contribution in [0.25, 0.3) is 0 Å². The Morgan fingerprint density at radius 1 is 0.769 bits per heavy atom. The van der Waals surface area contributed by atoms with Crippen molar-refractivity contribution < 1.29 is 0 Å². The van der Waals surface area contributed by atoms with Crippen molar-refractivity contribution in [2.75, 3.05) is 0 Å². The van der Waals surface area contributed by atoms with Gasteiger partial charge in [0.1, 0.15) is 0 Å². The zero-order valence-corrected chi connectivity index (χ0v) is 9.52. The third kappa shape index (κ3) is 9.98. The monoisotopic (exact) mass is 180 g/mol. The van der Waals surface area contributed by atoms with Crippen molar-refractivity contribution in [1.82, 2.24) is 0 Å². The van der Waals surface area contributed by atoms with Crippen LogP contribution in [0, 0.1) is 0 Å². The van der Waals surface area contributed by atoms with Gasteiger partial charge in [-0.3, -0.25) is 0 Å². The summed E-state index contributed by atoms with van der Waals surface area (Å²) in [5, 5.41) is 0. The lowest BCUT2D eigenvalue weighted by atomic mass is 9.79. The quantitative estimate of drug-likeness (QED) is 0.362. The molecular formula is C12H25B. The second kappa shape index (κ2) is 10.1. The molecule has 0 saturated heterocycles. The first-order valence-corrected chi connectivity index (χ1v) is 6.06. The van der Waals surface area contributed by atoms with Gasteiger partial charge >= 0.3 is 0 Å². The summed E-state index contributed by atoms with van der Waals surface area (Å²) in [5.41, 5.74) is 0. The van der Waals surface area contributed by atoms with E-state index in [2.05, 4.69) is 13.8 Å². The molecule has 0 aromatic heterocycles. The van der Waals surface area contributed by atoms with Crippen molar-refractivity contribution in [2.24, 2.45) is 0 Å². The molecule has 0 aliphatic rings. The van der Waals surface area contributed by atoms with E-state index in [4.69, 9.17) is 7.85 Å². The van der Waals surface area contributed by atoms with Gasteiger partial charge in [-0.25, -0.2) is 0 Å². The van der Waals surface area contributed by atoms with E-state index in [-0.39, 0.29) is 0 Å². The van der Waals surface area contributed by atoms with Crippen LogP contribution in [0.15, 0.2) is 0 Å². The van der Waals surface area contributed by atoms with E-state index in [1.54, 1.807) is 0 Å². The Morgan fingerprint density at radius 2 is 1.23 bits per heavy atom. The fourth-order valence-electron chi connectivity index (χ4n) is 1.63. The van der Waals surface area contributed by atoms with E-state index < -0.39 is 0 Å². The molecule has 0 aromatic carbocycles. The highest BCUT2D eigenvalue weighted by atomic mass is 14.0. The summed E-state index contributed by atoms with van der Waals surface area (Å²) in [6.07, 6.45) is 11.9. The summed E-state index contributed by atoms with van der Waals surface area (Å²) >= 11 is 0. The molecule has 0 heterocycles. The van der Waals surface area contributed by atoms with Gasteiger partial charge in [-0.15, -0.1) is 0 Å². The molecule has 0 spiro atoms. The van der Waals surface area contributed by atoms with E-state index >= 15 is 0 Å². The van der Waals surface area contributed by atoms with Crippen molar-refractivity contribution in [3.63, 3.8) is 0 Å². The first kappa shape index (κ1) is 13.1. The van der Waals surface area contributed by atoms with Gasteiger partial charge in [0.15, 0.2) is 0 Å². The van der Waals surface area contributed by atoms with Crippen LogP contribution in [0.2, 0.25) is 5.82 Å². The van der Waals surface area contributed by atoms with E-state index in [0.29, 0.717) is 5.82 Å². The number of hydrogen-bond donors (Lipinski definition) is 0. The Balaban J connectivity index is 3.05. The van der Waals surface area contributed by atoms with Crippen LogP contribution in [0.3, 0.4) is 0 Å². The van der Waals surface area contributed by atoms with Gasteiger partial charge in [-0.05, 0) is 0 Å². The molecule has 0 aliphatic heterocycles. The molecule has 0 fully saturated rings. The number of hydrogen-bond acceptors (Lipinski definition) is 0. The van der Waals surface area contributed by atoms with Crippen LogP contribution in [-0.4, -0.2) is 7.85 Å². The highest BCUT2D eigenvalue weighted by Gasteiger charge is 2.00. The fourth-order valence-corrected chi connectivity index (χ4v) is 1.63. The lowest BCUT2D eigenvalue weighted by Crippen LogP contribution is -1.93. The largest absolute Gasteiger partial charge is 0.0774 e. The third-order valence-electron chi connectivity index (χ3n) is 2.61. The van der Waals surface area contributed by atoms with Gasteiger partial charge in [-0.1, -0.05) is 77.5 Å². The van der Waals surface area contributed by atoms with Crippen LogP contribution in [-0.2, 0) is 0 Å². The molecule has 0 amide bonds. The minimum Gasteiger partial charge on any atom is -0.0774 e. The zero-order valence-electron chi connectivity index (χ0n) is 9.52. The van der Waals surface area contributed by atoms with Crippen molar-refractivity contribution >= 4 is 7.85 Å². The van der Waals surface area contributed by atoms with E-state index in [9.17, 15) is 0 Å². The molecule has 0 rings (SSSR count). The maximum atomic E-state index is 6.00. The van der Waals surface area contributed by atoms with E-state index in [1.165, 1.54) is 57.8 Å². The molecule has 0 N–H and O–H groups in total. The molecule has 0 nitrogen and oxygen atoms in total. The molecule has 13 heavy (non-hydrogen) atoms. The van der Waals surface area contributed by atoms with Crippen molar-refractivity contribution in [3.05, 3.63) is 0 Å². The highest BCUT2D eigenvalue weighted by Crippen LogP contribution is 2.19. The van der Waals surface area contributed by atoms with Gasteiger partial charge < -0.3 is 0 Å². The number of unbranched alkanes of at least 4 members (excludes halogenated alkanes) is 5. The summed E-state index contributed by atoms with van der Waals surface area (Å²) in [6.45, 7) is 4.49. The Bertz CT molecular complexity index is 91.1. The van der Waals surface area contributed by atoms with Crippen LogP contribution >= 0.6 is 0 Å². The standard InChI is InChI=1S/C12H25B/c1-3-5-7-9-11-12(13)10-8-6-4-2/h12H,3-11H2,1-2H3/t12-/m1/s1. The van der Waals surface area contributed by atoms with Crippen molar-refractivity contribution in [3.8, 4) is 0 Å².